The molecule has 0 nitrogen and oxygen atoms in total. The van der Waals surface area contributed by atoms with E-state index in [0.717, 1.165) is 17.2 Å². The maximum Gasteiger partial charge on any atom is 0.00598 e. The number of rotatable bonds is 3. The SMILES string of the molecule is CC(CBr)C(C)CI. The van der Waals surface area contributed by atoms with Crippen LogP contribution < -0.4 is 0 Å². The lowest BCUT2D eigenvalue weighted by Crippen LogP contribution is -2.09. The van der Waals surface area contributed by atoms with Crippen LogP contribution in [0.1, 0.15) is 13.8 Å². The van der Waals surface area contributed by atoms with E-state index < -0.39 is 0 Å². The molecule has 2 unspecified atom stereocenters. The van der Waals surface area contributed by atoms with Crippen molar-refractivity contribution in [2.24, 2.45) is 11.8 Å². The maximum atomic E-state index is 3.45. The highest BCUT2D eigenvalue weighted by atomic mass is 127. The first-order chi connectivity index (χ1) is 3.72. The Morgan fingerprint density at radius 2 is 1.88 bits per heavy atom. The van der Waals surface area contributed by atoms with E-state index >= 15 is 0 Å². The maximum absolute atomic E-state index is 3.45. The lowest BCUT2D eigenvalue weighted by molar-refractivity contribution is 0.481. The Kier molecular flexibility index (Phi) is 5.79. The van der Waals surface area contributed by atoms with Crippen molar-refractivity contribution < 1.29 is 0 Å². The van der Waals surface area contributed by atoms with Gasteiger partial charge in [0, 0.05) is 9.76 Å². The minimum Gasteiger partial charge on any atom is -0.0925 e. The van der Waals surface area contributed by atoms with Gasteiger partial charge in [0.1, 0.15) is 0 Å². The lowest BCUT2D eigenvalue weighted by Gasteiger charge is -2.12. The van der Waals surface area contributed by atoms with Crippen LogP contribution in [0.25, 0.3) is 0 Å². The van der Waals surface area contributed by atoms with Crippen molar-refractivity contribution >= 4 is 38.5 Å². The van der Waals surface area contributed by atoms with Crippen LogP contribution in [0, 0.1) is 11.8 Å². The first-order valence-corrected chi connectivity index (χ1v) is 5.49. The van der Waals surface area contributed by atoms with E-state index in [9.17, 15) is 0 Å². The van der Waals surface area contributed by atoms with Gasteiger partial charge >= 0.3 is 0 Å². The third-order valence-electron chi connectivity index (χ3n) is 1.46. The van der Waals surface area contributed by atoms with E-state index in [0.29, 0.717) is 0 Å². The summed E-state index contributed by atoms with van der Waals surface area (Å²) in [6.07, 6.45) is 0. The summed E-state index contributed by atoms with van der Waals surface area (Å²) in [4.78, 5) is 0. The van der Waals surface area contributed by atoms with E-state index in [2.05, 4.69) is 52.4 Å². The number of halogens is 2. The normalized spacial score (nSPS) is 18.0. The molecule has 0 aliphatic heterocycles. The Bertz CT molecular complexity index is 48.5. The third kappa shape index (κ3) is 3.28. The minimum atomic E-state index is 0.826. The van der Waals surface area contributed by atoms with Gasteiger partial charge in [0.05, 0.1) is 0 Å². The summed E-state index contributed by atoms with van der Waals surface area (Å²) in [7, 11) is 0. The van der Waals surface area contributed by atoms with Crippen LogP contribution in [0.3, 0.4) is 0 Å². The van der Waals surface area contributed by atoms with Crippen molar-refractivity contribution in [1.29, 1.82) is 0 Å². The molecule has 2 atom stereocenters. The molecule has 0 aliphatic carbocycles. The Balaban J connectivity index is 3.29. The van der Waals surface area contributed by atoms with Crippen molar-refractivity contribution in [3.63, 3.8) is 0 Å². The average molecular weight is 291 g/mol. The number of alkyl halides is 2. The van der Waals surface area contributed by atoms with Gasteiger partial charge in [-0.15, -0.1) is 0 Å². The van der Waals surface area contributed by atoms with Gasteiger partial charge in [-0.3, -0.25) is 0 Å². The fourth-order valence-corrected chi connectivity index (χ4v) is 1.81. The second-order valence-electron chi connectivity index (χ2n) is 2.26. The molecule has 0 aromatic heterocycles. The van der Waals surface area contributed by atoms with E-state index in [-0.39, 0.29) is 0 Å². The summed E-state index contributed by atoms with van der Waals surface area (Å²) in [5, 5.41) is 1.14. The van der Waals surface area contributed by atoms with Gasteiger partial charge in [0.2, 0.25) is 0 Å². The van der Waals surface area contributed by atoms with Crippen molar-refractivity contribution in [3.8, 4) is 0 Å². The Hall–Kier alpha value is 1.21. The Morgan fingerprint density at radius 3 is 2.00 bits per heavy atom. The minimum absolute atomic E-state index is 0.826. The topological polar surface area (TPSA) is 0 Å². The highest BCUT2D eigenvalue weighted by Crippen LogP contribution is 2.15. The van der Waals surface area contributed by atoms with E-state index in [1.807, 2.05) is 0 Å². The van der Waals surface area contributed by atoms with Gasteiger partial charge in [-0.1, -0.05) is 52.4 Å². The molecule has 0 rings (SSSR count). The van der Waals surface area contributed by atoms with Gasteiger partial charge in [-0.2, -0.15) is 0 Å². The summed E-state index contributed by atoms with van der Waals surface area (Å²) in [6.45, 7) is 4.57. The molecule has 0 radical (unpaired) electrons. The molecular formula is C6H12BrI. The molecule has 0 N–H and O–H groups in total. The second-order valence-corrected chi connectivity index (χ2v) is 3.79. The number of hydrogen-bond acceptors (Lipinski definition) is 0. The molecular weight excluding hydrogens is 279 g/mol. The molecule has 0 heterocycles. The molecule has 0 aromatic rings. The standard InChI is InChI=1S/C6H12BrI/c1-5(3-7)6(2)4-8/h5-6H,3-4H2,1-2H3. The molecule has 0 amide bonds. The van der Waals surface area contributed by atoms with Gasteiger partial charge in [-0.25, -0.2) is 0 Å². The predicted octanol–water partition coefficient (Wildman–Crippen LogP) is 3.09. The van der Waals surface area contributed by atoms with Gasteiger partial charge in [0.15, 0.2) is 0 Å². The second kappa shape index (κ2) is 5.03. The van der Waals surface area contributed by atoms with Crippen molar-refractivity contribution in [2.75, 3.05) is 9.76 Å². The lowest BCUT2D eigenvalue weighted by atomic mass is 10.0. The summed E-state index contributed by atoms with van der Waals surface area (Å²) in [5.41, 5.74) is 0. The quantitative estimate of drug-likeness (QED) is 0.553. The largest absolute Gasteiger partial charge is 0.0925 e. The Labute approximate surface area is 73.7 Å². The summed E-state index contributed by atoms with van der Waals surface area (Å²) >= 11 is 5.88. The first kappa shape index (κ1) is 9.21. The molecule has 0 fully saturated rings. The fourth-order valence-electron chi connectivity index (χ4n) is 0.304. The summed E-state index contributed by atoms with van der Waals surface area (Å²) in [6, 6.07) is 0. The molecule has 0 saturated heterocycles. The van der Waals surface area contributed by atoms with E-state index in [4.69, 9.17) is 0 Å². The first-order valence-electron chi connectivity index (χ1n) is 2.84. The molecule has 0 spiro atoms. The summed E-state index contributed by atoms with van der Waals surface area (Å²) in [5.74, 6) is 1.68. The van der Waals surface area contributed by atoms with Crippen molar-refractivity contribution in [1.82, 2.24) is 0 Å². The molecule has 0 aliphatic rings. The zero-order chi connectivity index (χ0) is 6.57. The highest BCUT2D eigenvalue weighted by Gasteiger charge is 2.07. The molecule has 50 valence electrons. The fraction of sp³-hybridized carbons (Fsp3) is 1.00. The Morgan fingerprint density at radius 1 is 1.38 bits per heavy atom. The molecule has 2 heteroatoms. The van der Waals surface area contributed by atoms with Gasteiger partial charge in [-0.05, 0) is 11.8 Å². The van der Waals surface area contributed by atoms with Crippen molar-refractivity contribution in [2.45, 2.75) is 13.8 Å². The molecule has 8 heavy (non-hydrogen) atoms. The van der Waals surface area contributed by atoms with Crippen LogP contribution >= 0.6 is 38.5 Å². The van der Waals surface area contributed by atoms with Crippen LogP contribution in [0.2, 0.25) is 0 Å². The van der Waals surface area contributed by atoms with Crippen molar-refractivity contribution in [3.05, 3.63) is 0 Å². The smallest absolute Gasteiger partial charge is 0.00598 e. The highest BCUT2D eigenvalue weighted by molar-refractivity contribution is 14.1. The van der Waals surface area contributed by atoms with Crippen LogP contribution in [0.4, 0.5) is 0 Å². The zero-order valence-corrected chi connectivity index (χ0v) is 9.07. The zero-order valence-electron chi connectivity index (χ0n) is 5.32. The van der Waals surface area contributed by atoms with Gasteiger partial charge < -0.3 is 0 Å². The molecule has 0 bridgehead atoms. The summed E-state index contributed by atoms with van der Waals surface area (Å²) < 4.78 is 1.27. The van der Waals surface area contributed by atoms with Crippen LogP contribution in [-0.4, -0.2) is 9.76 Å². The third-order valence-corrected chi connectivity index (χ3v) is 3.87. The van der Waals surface area contributed by atoms with E-state index in [1.54, 1.807) is 0 Å². The molecule has 0 saturated carbocycles. The average Bonchev–Trinajstić information content (AvgIpc) is 1.84. The van der Waals surface area contributed by atoms with Gasteiger partial charge in [0.25, 0.3) is 0 Å². The molecule has 0 aromatic carbocycles. The van der Waals surface area contributed by atoms with Crippen LogP contribution in [-0.2, 0) is 0 Å². The predicted molar refractivity (Wildman–Crippen MR) is 51.0 cm³/mol. The van der Waals surface area contributed by atoms with Crippen LogP contribution in [0.15, 0.2) is 0 Å². The van der Waals surface area contributed by atoms with E-state index in [1.165, 1.54) is 4.43 Å². The van der Waals surface area contributed by atoms with Crippen LogP contribution in [0.5, 0.6) is 0 Å². The number of hydrogen-bond donors (Lipinski definition) is 0. The monoisotopic (exact) mass is 290 g/mol.